The molecule has 2 aromatic heterocycles. The largest absolute Gasteiger partial charge is 0.508 e. The normalized spacial score (nSPS) is 25.7. The van der Waals surface area contributed by atoms with E-state index < -0.39 is 17.2 Å². The number of carbonyl (C=O) groups excluding carboxylic acids is 1. The summed E-state index contributed by atoms with van der Waals surface area (Å²) >= 11 is 0. The lowest BCUT2D eigenvalue weighted by molar-refractivity contribution is -0.0396. The fourth-order valence-corrected chi connectivity index (χ4v) is 9.04. The third kappa shape index (κ3) is 5.72. The van der Waals surface area contributed by atoms with E-state index in [1.54, 1.807) is 7.05 Å². The van der Waals surface area contributed by atoms with E-state index in [-0.39, 0.29) is 69.9 Å². The smallest absolute Gasteiger partial charge is 0.411 e. The molecule has 4 fully saturated rings. The maximum Gasteiger partial charge on any atom is 0.411 e. The Kier molecular flexibility index (Phi) is 8.58. The summed E-state index contributed by atoms with van der Waals surface area (Å²) in [7, 11) is 1.71. The van der Waals surface area contributed by atoms with Crippen molar-refractivity contribution in [3.63, 3.8) is 0 Å². The number of hydrogen-bond acceptors (Lipinski definition) is 10. The topological polar surface area (TPSA) is 124 Å². The average molecular weight is 713 g/mol. The molecular formula is C39H42F2N6O5. The number of ether oxygens (including phenoxy) is 2. The monoisotopic (exact) mass is 712 g/mol. The number of piperidine rings is 1. The number of aliphatic hydroxyl groups excluding tert-OH is 1. The summed E-state index contributed by atoms with van der Waals surface area (Å²) in [6.07, 6.45) is 12.6. The van der Waals surface area contributed by atoms with E-state index in [1.807, 2.05) is 6.92 Å². The highest BCUT2D eigenvalue weighted by Crippen LogP contribution is 2.49. The van der Waals surface area contributed by atoms with Crippen molar-refractivity contribution in [2.45, 2.75) is 76.2 Å². The third-order valence-electron chi connectivity index (χ3n) is 11.7. The van der Waals surface area contributed by atoms with Crippen LogP contribution in [-0.4, -0.2) is 98.8 Å². The first-order chi connectivity index (χ1) is 25.0. The molecule has 0 bridgehead atoms. The molecule has 5 heterocycles. The summed E-state index contributed by atoms with van der Waals surface area (Å²) < 4.78 is 44.3. The van der Waals surface area contributed by atoms with Gasteiger partial charge in [0.25, 0.3) is 0 Å². The molecule has 8 rings (SSSR count). The van der Waals surface area contributed by atoms with E-state index in [0.29, 0.717) is 55.5 Å². The lowest BCUT2D eigenvalue weighted by Gasteiger charge is -2.51. The standard InChI is InChI=1S/C39H42F2N6O5/c1-4-26-29(40)9-8-23-16-24(48)17-27(31(23)26)33-32(41)34-28(20-42-33)35(46-14-6-11-38(21-46)18-25(49)19-38)44-36(43-34)51-22-39-12-7-15-47(39)30(10-13-39)52-37(50)45(3)5-2/h1,8-9,16-17,20,25,30,48-49H,5-7,10-15,18-19,21-22H2,2-3H3/t25?,30-,38?,39+/m0/s1. The van der Waals surface area contributed by atoms with Gasteiger partial charge in [-0.15, -0.1) is 6.42 Å². The minimum atomic E-state index is -0.788. The number of benzene rings is 2. The number of phenolic OH excluding ortho intramolecular Hbond substituents is 1. The molecule has 2 aromatic carbocycles. The van der Waals surface area contributed by atoms with Gasteiger partial charge in [-0.25, -0.2) is 13.6 Å². The first-order valence-electron chi connectivity index (χ1n) is 18.1. The second-order valence-corrected chi connectivity index (χ2v) is 15.0. The van der Waals surface area contributed by atoms with E-state index >= 15 is 4.39 Å². The number of pyridine rings is 1. The Morgan fingerprint density at radius 3 is 2.73 bits per heavy atom. The molecule has 52 heavy (non-hydrogen) atoms. The zero-order valence-electron chi connectivity index (χ0n) is 29.4. The summed E-state index contributed by atoms with van der Waals surface area (Å²) in [5, 5.41) is 21.9. The van der Waals surface area contributed by atoms with Crippen LogP contribution in [0.4, 0.5) is 19.4 Å². The number of carbonyl (C=O) groups is 1. The van der Waals surface area contributed by atoms with Gasteiger partial charge >= 0.3 is 12.1 Å². The maximum absolute atomic E-state index is 17.0. The molecule has 0 unspecified atom stereocenters. The zero-order chi connectivity index (χ0) is 36.4. The van der Waals surface area contributed by atoms with Gasteiger partial charge in [-0.3, -0.25) is 9.88 Å². The Morgan fingerprint density at radius 2 is 1.96 bits per heavy atom. The van der Waals surface area contributed by atoms with Crippen LogP contribution >= 0.6 is 0 Å². The van der Waals surface area contributed by atoms with Crippen LogP contribution in [0.15, 0.2) is 30.5 Å². The van der Waals surface area contributed by atoms with Gasteiger partial charge in [0.05, 0.1) is 22.6 Å². The molecule has 4 aliphatic rings. The van der Waals surface area contributed by atoms with Crippen LogP contribution in [0.2, 0.25) is 0 Å². The van der Waals surface area contributed by atoms with Crippen LogP contribution in [0.1, 0.15) is 63.9 Å². The van der Waals surface area contributed by atoms with E-state index in [0.717, 1.165) is 38.6 Å². The average Bonchev–Trinajstić information content (AvgIpc) is 3.69. The van der Waals surface area contributed by atoms with Crippen molar-refractivity contribution in [2.75, 3.05) is 44.7 Å². The third-order valence-corrected chi connectivity index (χ3v) is 11.7. The number of aliphatic hydroxyl groups is 1. The van der Waals surface area contributed by atoms with Crippen LogP contribution in [0.25, 0.3) is 32.9 Å². The van der Waals surface area contributed by atoms with Crippen LogP contribution in [-0.2, 0) is 4.74 Å². The number of aromatic hydroxyl groups is 1. The van der Waals surface area contributed by atoms with E-state index in [9.17, 15) is 19.4 Å². The van der Waals surface area contributed by atoms with Gasteiger partial charge in [0.1, 0.15) is 35.2 Å². The van der Waals surface area contributed by atoms with Crippen molar-refractivity contribution >= 4 is 33.6 Å². The Balaban J connectivity index is 1.20. The van der Waals surface area contributed by atoms with Gasteiger partial charge in [0.15, 0.2) is 12.0 Å². The molecule has 0 radical (unpaired) electrons. The molecule has 4 aromatic rings. The second kappa shape index (κ2) is 13.0. The number of phenols is 1. The molecule has 11 nitrogen and oxygen atoms in total. The number of fused-ring (bicyclic) bond motifs is 3. The molecule has 1 aliphatic carbocycles. The number of anilines is 1. The summed E-state index contributed by atoms with van der Waals surface area (Å²) in [6.45, 7) is 4.71. The van der Waals surface area contributed by atoms with Gasteiger partial charge in [0.2, 0.25) is 0 Å². The molecule has 2 N–H and O–H groups in total. The predicted molar refractivity (Wildman–Crippen MR) is 191 cm³/mol. The van der Waals surface area contributed by atoms with Crippen LogP contribution in [0.5, 0.6) is 11.8 Å². The quantitative estimate of drug-likeness (QED) is 0.222. The summed E-state index contributed by atoms with van der Waals surface area (Å²) in [4.78, 5) is 32.5. The molecule has 272 valence electrons. The van der Waals surface area contributed by atoms with Crippen molar-refractivity contribution in [1.82, 2.24) is 24.8 Å². The van der Waals surface area contributed by atoms with Crippen molar-refractivity contribution < 1.29 is 33.3 Å². The minimum absolute atomic E-state index is 0.00433. The van der Waals surface area contributed by atoms with Crippen LogP contribution in [0, 0.1) is 29.4 Å². The van der Waals surface area contributed by atoms with E-state index in [4.69, 9.17) is 20.9 Å². The fraction of sp³-hybridized carbons (Fsp3) is 0.487. The van der Waals surface area contributed by atoms with Crippen molar-refractivity contribution in [3.8, 4) is 35.4 Å². The number of aromatic nitrogens is 3. The molecule has 1 amide bonds. The molecule has 2 atom stereocenters. The Morgan fingerprint density at radius 1 is 1.15 bits per heavy atom. The number of terminal acetylenes is 1. The Labute approximate surface area is 300 Å². The minimum Gasteiger partial charge on any atom is -0.508 e. The summed E-state index contributed by atoms with van der Waals surface area (Å²) in [5.41, 5.74) is -0.570. The van der Waals surface area contributed by atoms with Crippen molar-refractivity contribution in [1.29, 1.82) is 0 Å². The number of hydrogen-bond donors (Lipinski definition) is 2. The SMILES string of the molecule is C#Cc1c(F)ccc2cc(O)cc(-c3ncc4c(N5CCCC6(CC(O)C6)C5)nc(OC[C@]56CCCN5[C@@H](OC(=O)N(C)CC)CC6)nc4c3F)c12. The highest BCUT2D eigenvalue weighted by atomic mass is 19.1. The molecular weight excluding hydrogens is 670 g/mol. The summed E-state index contributed by atoms with van der Waals surface area (Å²) in [6, 6.07) is 5.45. The predicted octanol–water partition coefficient (Wildman–Crippen LogP) is 5.97. The second-order valence-electron chi connectivity index (χ2n) is 15.0. The first-order valence-corrected chi connectivity index (χ1v) is 18.1. The number of halogens is 2. The summed E-state index contributed by atoms with van der Waals surface area (Å²) in [5.74, 6) is 1.27. The van der Waals surface area contributed by atoms with Gasteiger partial charge in [-0.2, -0.15) is 9.97 Å². The van der Waals surface area contributed by atoms with Gasteiger partial charge in [-0.1, -0.05) is 12.0 Å². The molecule has 1 saturated carbocycles. The lowest BCUT2D eigenvalue weighted by Crippen LogP contribution is -2.52. The molecule has 1 spiro atoms. The fourth-order valence-electron chi connectivity index (χ4n) is 9.04. The molecule has 13 heteroatoms. The number of amides is 1. The highest BCUT2D eigenvalue weighted by molar-refractivity contribution is 6.03. The Hall–Kier alpha value is -4.80. The molecule has 3 aliphatic heterocycles. The van der Waals surface area contributed by atoms with Gasteiger partial charge in [-0.05, 0) is 80.9 Å². The Bertz CT molecular complexity index is 2110. The number of rotatable bonds is 7. The lowest BCUT2D eigenvalue weighted by atomic mass is 9.62. The van der Waals surface area contributed by atoms with Crippen LogP contribution in [0.3, 0.4) is 0 Å². The first kappa shape index (κ1) is 34.3. The highest BCUT2D eigenvalue weighted by Gasteiger charge is 2.52. The van der Waals surface area contributed by atoms with Crippen molar-refractivity contribution in [2.24, 2.45) is 5.41 Å². The van der Waals surface area contributed by atoms with E-state index in [1.165, 1.54) is 35.4 Å². The van der Waals surface area contributed by atoms with Gasteiger partial charge < -0.3 is 29.5 Å². The molecule has 3 saturated heterocycles. The number of nitrogens with zero attached hydrogens (tertiary/aromatic N) is 6. The van der Waals surface area contributed by atoms with E-state index in [2.05, 4.69) is 25.7 Å². The van der Waals surface area contributed by atoms with Crippen molar-refractivity contribution in [3.05, 3.63) is 47.7 Å². The maximum atomic E-state index is 17.0. The zero-order valence-corrected chi connectivity index (χ0v) is 29.4. The van der Waals surface area contributed by atoms with Crippen LogP contribution < -0.4 is 9.64 Å². The van der Waals surface area contributed by atoms with Gasteiger partial charge in [0, 0.05) is 56.8 Å².